The minimum atomic E-state index is -0.272. The zero-order chi connectivity index (χ0) is 23.0. The van der Waals surface area contributed by atoms with Gasteiger partial charge in [0.2, 0.25) is 5.91 Å². The van der Waals surface area contributed by atoms with Gasteiger partial charge < -0.3 is 15.0 Å². The lowest BCUT2D eigenvalue weighted by Crippen LogP contribution is -2.40. The van der Waals surface area contributed by atoms with Crippen LogP contribution in [0.2, 0.25) is 0 Å². The van der Waals surface area contributed by atoms with Crippen LogP contribution in [-0.4, -0.2) is 35.6 Å². The zero-order valence-electron chi connectivity index (χ0n) is 18.8. The molecule has 0 atom stereocenters. The molecular formula is C26H29FN4O2. The van der Waals surface area contributed by atoms with Crippen molar-refractivity contribution < 1.29 is 13.9 Å². The van der Waals surface area contributed by atoms with Gasteiger partial charge in [0.15, 0.2) is 0 Å². The molecule has 33 heavy (non-hydrogen) atoms. The third kappa shape index (κ3) is 6.06. The molecule has 1 amide bonds. The van der Waals surface area contributed by atoms with Crippen LogP contribution >= 0.6 is 0 Å². The maximum absolute atomic E-state index is 13.2. The van der Waals surface area contributed by atoms with E-state index in [1.54, 1.807) is 12.1 Å². The third-order valence-electron chi connectivity index (χ3n) is 5.85. The normalized spacial score (nSPS) is 14.2. The van der Waals surface area contributed by atoms with Crippen LogP contribution < -0.4 is 15.0 Å². The first-order valence-corrected chi connectivity index (χ1v) is 11.4. The summed E-state index contributed by atoms with van der Waals surface area (Å²) in [4.78, 5) is 23.6. The van der Waals surface area contributed by atoms with E-state index in [1.165, 1.54) is 18.5 Å². The van der Waals surface area contributed by atoms with Gasteiger partial charge in [0, 0.05) is 37.2 Å². The Kier molecular flexibility index (Phi) is 7.50. The number of carbonyl (C=O) groups is 1. The van der Waals surface area contributed by atoms with Crippen LogP contribution in [0.1, 0.15) is 31.7 Å². The molecule has 7 heteroatoms. The van der Waals surface area contributed by atoms with Crippen LogP contribution in [0.5, 0.6) is 5.75 Å². The number of carbonyl (C=O) groups excluding carboxylic acids is 1. The molecule has 0 spiro atoms. The van der Waals surface area contributed by atoms with Gasteiger partial charge in [-0.25, -0.2) is 14.4 Å². The molecule has 0 radical (unpaired) electrons. The number of amides is 1. The van der Waals surface area contributed by atoms with Gasteiger partial charge in [0.25, 0.3) is 0 Å². The Morgan fingerprint density at radius 3 is 2.52 bits per heavy atom. The molecule has 0 bridgehead atoms. The summed E-state index contributed by atoms with van der Waals surface area (Å²) < 4.78 is 18.8. The first kappa shape index (κ1) is 22.7. The summed E-state index contributed by atoms with van der Waals surface area (Å²) in [6.07, 6.45) is 4.05. The fourth-order valence-electron chi connectivity index (χ4n) is 3.93. The van der Waals surface area contributed by atoms with Gasteiger partial charge in [0.05, 0.1) is 12.3 Å². The Bertz CT molecular complexity index is 1050. The van der Waals surface area contributed by atoms with Crippen LogP contribution in [-0.2, 0) is 11.3 Å². The highest BCUT2D eigenvalue weighted by atomic mass is 19.1. The summed E-state index contributed by atoms with van der Waals surface area (Å²) in [7, 11) is 0. The highest BCUT2D eigenvalue weighted by Crippen LogP contribution is 2.25. The largest absolute Gasteiger partial charge is 0.494 e. The first-order valence-electron chi connectivity index (χ1n) is 11.4. The summed E-state index contributed by atoms with van der Waals surface area (Å²) in [6.45, 7) is 4.80. The molecule has 1 saturated heterocycles. The molecule has 1 fully saturated rings. The Morgan fingerprint density at radius 2 is 1.82 bits per heavy atom. The van der Waals surface area contributed by atoms with E-state index < -0.39 is 0 Å². The van der Waals surface area contributed by atoms with Gasteiger partial charge in [-0.2, -0.15) is 0 Å². The number of benzene rings is 2. The summed E-state index contributed by atoms with van der Waals surface area (Å²) in [5.41, 5.74) is 2.66. The number of nitrogens with zero attached hydrogens (tertiary/aromatic N) is 3. The van der Waals surface area contributed by atoms with Gasteiger partial charge in [-0.05, 0) is 61.2 Å². The SMILES string of the molecule is CCCOc1ccc(CNC(=O)C2CCN(c3cc(-c4ccc(F)cc4)ncn3)CC2)cc1. The van der Waals surface area contributed by atoms with Crippen molar-refractivity contribution in [2.24, 2.45) is 5.92 Å². The van der Waals surface area contributed by atoms with Crippen LogP contribution in [0.15, 0.2) is 60.9 Å². The van der Waals surface area contributed by atoms with Gasteiger partial charge in [-0.3, -0.25) is 4.79 Å². The molecule has 6 nitrogen and oxygen atoms in total. The van der Waals surface area contributed by atoms with E-state index in [4.69, 9.17) is 4.74 Å². The second-order valence-electron chi connectivity index (χ2n) is 8.24. The standard InChI is InChI=1S/C26H29FN4O2/c1-2-15-33-23-9-3-19(4-10-23)17-28-26(32)21-11-13-31(14-12-21)25-16-24(29-18-30-25)20-5-7-22(27)8-6-20/h3-10,16,18,21H,2,11-15,17H2,1H3,(H,28,32). The third-order valence-corrected chi connectivity index (χ3v) is 5.85. The fourth-order valence-corrected chi connectivity index (χ4v) is 3.93. The van der Waals surface area contributed by atoms with Crippen LogP contribution in [0.4, 0.5) is 10.2 Å². The minimum Gasteiger partial charge on any atom is -0.494 e. The lowest BCUT2D eigenvalue weighted by atomic mass is 9.95. The summed E-state index contributed by atoms with van der Waals surface area (Å²) in [6, 6.07) is 16.1. The maximum Gasteiger partial charge on any atom is 0.223 e. The van der Waals surface area contributed by atoms with E-state index in [0.29, 0.717) is 13.2 Å². The number of nitrogens with one attached hydrogen (secondary N) is 1. The molecule has 1 N–H and O–H groups in total. The van der Waals surface area contributed by atoms with Crippen LogP contribution in [0.25, 0.3) is 11.3 Å². The van der Waals surface area contributed by atoms with E-state index >= 15 is 0 Å². The minimum absolute atomic E-state index is 0.00758. The van der Waals surface area contributed by atoms with Crippen molar-refractivity contribution >= 4 is 11.7 Å². The van der Waals surface area contributed by atoms with E-state index in [9.17, 15) is 9.18 Å². The lowest BCUT2D eigenvalue weighted by Gasteiger charge is -2.32. The average molecular weight is 449 g/mol. The lowest BCUT2D eigenvalue weighted by molar-refractivity contribution is -0.125. The highest BCUT2D eigenvalue weighted by molar-refractivity contribution is 5.79. The average Bonchev–Trinajstić information content (AvgIpc) is 2.87. The van der Waals surface area contributed by atoms with E-state index in [-0.39, 0.29) is 17.6 Å². The van der Waals surface area contributed by atoms with Crippen LogP contribution in [0, 0.1) is 11.7 Å². The number of anilines is 1. The monoisotopic (exact) mass is 448 g/mol. The second kappa shape index (κ2) is 10.9. The number of ether oxygens (including phenoxy) is 1. The van der Waals surface area contributed by atoms with Crippen molar-refractivity contribution in [3.8, 4) is 17.0 Å². The van der Waals surface area contributed by atoms with Crippen LogP contribution in [0.3, 0.4) is 0 Å². The van der Waals surface area contributed by atoms with Crippen molar-refractivity contribution in [3.63, 3.8) is 0 Å². The van der Waals surface area contributed by atoms with Crippen molar-refractivity contribution in [3.05, 3.63) is 72.3 Å². The molecule has 2 aromatic carbocycles. The highest BCUT2D eigenvalue weighted by Gasteiger charge is 2.25. The van der Waals surface area contributed by atoms with Gasteiger partial charge in [0.1, 0.15) is 23.7 Å². The summed E-state index contributed by atoms with van der Waals surface area (Å²) in [5.74, 6) is 1.49. The molecule has 4 rings (SSSR count). The molecule has 3 aromatic rings. The van der Waals surface area contributed by atoms with Crippen molar-refractivity contribution in [1.82, 2.24) is 15.3 Å². The van der Waals surface area contributed by atoms with E-state index in [0.717, 1.165) is 60.7 Å². The molecule has 0 aliphatic carbocycles. The molecule has 2 heterocycles. The van der Waals surface area contributed by atoms with Crippen molar-refractivity contribution in [2.75, 3.05) is 24.6 Å². The first-order chi connectivity index (χ1) is 16.1. The molecule has 1 aliphatic rings. The number of halogens is 1. The topological polar surface area (TPSA) is 67.3 Å². The number of hydrogen-bond donors (Lipinski definition) is 1. The number of piperidine rings is 1. The molecule has 172 valence electrons. The molecule has 1 aromatic heterocycles. The molecule has 0 saturated carbocycles. The molecule has 0 unspecified atom stereocenters. The molecule has 1 aliphatic heterocycles. The fraction of sp³-hybridized carbons (Fsp3) is 0.346. The Hall–Kier alpha value is -3.48. The number of rotatable bonds is 8. The Morgan fingerprint density at radius 1 is 1.09 bits per heavy atom. The summed E-state index contributed by atoms with van der Waals surface area (Å²) >= 11 is 0. The van der Waals surface area contributed by atoms with Gasteiger partial charge in [-0.15, -0.1) is 0 Å². The van der Waals surface area contributed by atoms with Crippen molar-refractivity contribution in [1.29, 1.82) is 0 Å². The van der Waals surface area contributed by atoms with E-state index in [1.807, 2.05) is 30.3 Å². The summed E-state index contributed by atoms with van der Waals surface area (Å²) in [5, 5.41) is 3.07. The predicted molar refractivity (Wildman–Crippen MR) is 126 cm³/mol. The maximum atomic E-state index is 13.2. The number of hydrogen-bond acceptors (Lipinski definition) is 5. The molecular weight excluding hydrogens is 419 g/mol. The Labute approximate surface area is 193 Å². The smallest absolute Gasteiger partial charge is 0.223 e. The van der Waals surface area contributed by atoms with Crippen molar-refractivity contribution in [2.45, 2.75) is 32.7 Å². The quantitative estimate of drug-likeness (QED) is 0.545. The predicted octanol–water partition coefficient (Wildman–Crippen LogP) is 4.60. The number of aromatic nitrogens is 2. The second-order valence-corrected chi connectivity index (χ2v) is 8.24. The zero-order valence-corrected chi connectivity index (χ0v) is 18.8. The van der Waals surface area contributed by atoms with E-state index in [2.05, 4.69) is 27.1 Å². The Balaban J connectivity index is 1.27. The van der Waals surface area contributed by atoms with Gasteiger partial charge >= 0.3 is 0 Å². The van der Waals surface area contributed by atoms with Gasteiger partial charge in [-0.1, -0.05) is 19.1 Å².